The summed E-state index contributed by atoms with van der Waals surface area (Å²) in [6.45, 7) is 5.51. The van der Waals surface area contributed by atoms with Gasteiger partial charge in [0.25, 0.3) is 0 Å². The van der Waals surface area contributed by atoms with Crippen molar-refractivity contribution in [3.63, 3.8) is 0 Å². The summed E-state index contributed by atoms with van der Waals surface area (Å²) in [7, 11) is 0. The van der Waals surface area contributed by atoms with Gasteiger partial charge in [0.05, 0.1) is 6.04 Å². The summed E-state index contributed by atoms with van der Waals surface area (Å²) < 4.78 is 16.1. The first-order chi connectivity index (χ1) is 16.0. The van der Waals surface area contributed by atoms with Gasteiger partial charge >= 0.3 is 6.03 Å². The van der Waals surface area contributed by atoms with Crippen LogP contribution in [0.1, 0.15) is 36.2 Å². The molecule has 3 aromatic rings. The molecule has 0 spiro atoms. The number of amides is 3. The molecule has 0 fully saturated rings. The van der Waals surface area contributed by atoms with Crippen molar-refractivity contribution >= 4 is 17.6 Å². The monoisotopic (exact) mass is 448 g/mol. The fraction of sp³-hybridized carbons (Fsp3) is 0.308. The number of nitrogens with one attached hydrogen (secondary N) is 1. The van der Waals surface area contributed by atoms with Crippen LogP contribution in [0.25, 0.3) is 0 Å². The third kappa shape index (κ3) is 5.08. The predicted molar refractivity (Wildman–Crippen MR) is 126 cm³/mol. The van der Waals surface area contributed by atoms with Crippen molar-refractivity contribution in [3.05, 3.63) is 89.5 Å². The maximum Gasteiger partial charge on any atom is 0.322 e. The molecule has 6 nitrogen and oxygen atoms in total. The molecule has 3 amide bonds. The third-order valence-corrected chi connectivity index (χ3v) is 5.93. The van der Waals surface area contributed by atoms with E-state index in [1.54, 1.807) is 15.9 Å². The van der Waals surface area contributed by atoms with E-state index >= 15 is 0 Å². The first-order valence-corrected chi connectivity index (χ1v) is 11.3. The van der Waals surface area contributed by atoms with Gasteiger partial charge in [-0.05, 0) is 55.3 Å². The van der Waals surface area contributed by atoms with Crippen molar-refractivity contribution in [2.24, 2.45) is 0 Å². The molecule has 2 aromatic carbocycles. The van der Waals surface area contributed by atoms with Crippen molar-refractivity contribution in [3.8, 4) is 0 Å². The standard InChI is InChI=1S/C26H29FN4O2/c1-3-13-30(26(33)28-22-11-9-19(2)10-12-22)18-24(32)31-16-15-29-14-5-8-23(29)25(31)20-6-4-7-21(27)17-20/h4-12,14,17,25H,3,13,15-16,18H2,1-2H3,(H,28,33). The molecule has 0 radical (unpaired) electrons. The number of aromatic nitrogens is 1. The van der Waals surface area contributed by atoms with Gasteiger partial charge in [-0.2, -0.15) is 0 Å². The molecule has 1 unspecified atom stereocenters. The van der Waals surface area contributed by atoms with Crippen molar-refractivity contribution in [2.75, 3.05) is 25.0 Å². The Bertz CT molecular complexity index is 1130. The van der Waals surface area contributed by atoms with E-state index < -0.39 is 6.04 Å². The number of benzene rings is 2. The van der Waals surface area contributed by atoms with Crippen LogP contribution in [0.4, 0.5) is 14.9 Å². The molecular formula is C26H29FN4O2. The molecular weight excluding hydrogens is 419 g/mol. The van der Waals surface area contributed by atoms with Crippen LogP contribution >= 0.6 is 0 Å². The van der Waals surface area contributed by atoms with Crippen LogP contribution in [-0.4, -0.2) is 45.9 Å². The van der Waals surface area contributed by atoms with Crippen LogP contribution in [0.15, 0.2) is 66.9 Å². The second kappa shape index (κ2) is 9.90. The maximum atomic E-state index is 14.0. The molecule has 33 heavy (non-hydrogen) atoms. The summed E-state index contributed by atoms with van der Waals surface area (Å²) >= 11 is 0. The number of anilines is 1. The van der Waals surface area contributed by atoms with Crippen LogP contribution < -0.4 is 5.32 Å². The highest BCUT2D eigenvalue weighted by Gasteiger charge is 2.33. The molecule has 1 N–H and O–H groups in total. The van der Waals surface area contributed by atoms with E-state index in [0.29, 0.717) is 30.9 Å². The lowest BCUT2D eigenvalue weighted by atomic mass is 9.99. The van der Waals surface area contributed by atoms with Crippen molar-refractivity contribution < 1.29 is 14.0 Å². The molecule has 1 aliphatic heterocycles. The van der Waals surface area contributed by atoms with E-state index in [2.05, 4.69) is 9.88 Å². The molecule has 4 rings (SSSR count). The average molecular weight is 449 g/mol. The van der Waals surface area contributed by atoms with Crippen LogP contribution in [0.2, 0.25) is 0 Å². The van der Waals surface area contributed by atoms with E-state index in [0.717, 1.165) is 17.7 Å². The topological polar surface area (TPSA) is 57.6 Å². The van der Waals surface area contributed by atoms with E-state index in [1.165, 1.54) is 12.1 Å². The number of hydrogen-bond donors (Lipinski definition) is 1. The minimum absolute atomic E-state index is 0.0436. The highest BCUT2D eigenvalue weighted by molar-refractivity contribution is 5.92. The van der Waals surface area contributed by atoms with Gasteiger partial charge in [0, 0.05) is 37.2 Å². The summed E-state index contributed by atoms with van der Waals surface area (Å²) in [6.07, 6.45) is 2.70. The van der Waals surface area contributed by atoms with Crippen LogP contribution in [0, 0.1) is 12.7 Å². The van der Waals surface area contributed by atoms with Gasteiger partial charge in [-0.15, -0.1) is 0 Å². The number of urea groups is 1. The summed E-state index contributed by atoms with van der Waals surface area (Å²) in [5.41, 5.74) is 3.44. The van der Waals surface area contributed by atoms with Gasteiger partial charge in [0.2, 0.25) is 5.91 Å². The molecule has 1 aromatic heterocycles. The normalized spacial score (nSPS) is 15.1. The fourth-order valence-electron chi connectivity index (χ4n) is 4.30. The summed E-state index contributed by atoms with van der Waals surface area (Å²) in [6, 6.07) is 17.1. The van der Waals surface area contributed by atoms with Gasteiger partial charge in [-0.1, -0.05) is 36.8 Å². The zero-order chi connectivity index (χ0) is 23.4. The molecule has 0 saturated carbocycles. The van der Waals surface area contributed by atoms with E-state index in [4.69, 9.17) is 0 Å². The second-order valence-electron chi connectivity index (χ2n) is 8.39. The van der Waals surface area contributed by atoms with Crippen LogP contribution in [0.5, 0.6) is 0 Å². The SMILES string of the molecule is CCCN(CC(=O)N1CCn2cccc2C1c1cccc(F)c1)C(=O)Nc1ccc(C)cc1. The number of rotatable bonds is 6. The van der Waals surface area contributed by atoms with E-state index in [-0.39, 0.29) is 24.3 Å². The Hall–Kier alpha value is -3.61. The Morgan fingerprint density at radius 1 is 1.09 bits per heavy atom. The van der Waals surface area contributed by atoms with E-state index in [1.807, 2.05) is 62.5 Å². The molecule has 172 valence electrons. The Labute approximate surface area is 193 Å². The Kier molecular flexibility index (Phi) is 6.77. The van der Waals surface area contributed by atoms with Crippen molar-refractivity contribution in [1.82, 2.24) is 14.4 Å². The fourth-order valence-corrected chi connectivity index (χ4v) is 4.30. The summed E-state index contributed by atoms with van der Waals surface area (Å²) in [5.74, 6) is -0.502. The van der Waals surface area contributed by atoms with Gasteiger partial charge < -0.3 is 19.7 Å². The summed E-state index contributed by atoms with van der Waals surface area (Å²) in [5, 5.41) is 2.89. The lowest BCUT2D eigenvalue weighted by Gasteiger charge is -2.38. The Morgan fingerprint density at radius 2 is 1.88 bits per heavy atom. The number of carbonyl (C=O) groups excluding carboxylic acids is 2. The zero-order valence-electron chi connectivity index (χ0n) is 19.0. The van der Waals surface area contributed by atoms with Gasteiger partial charge in [0.15, 0.2) is 0 Å². The number of halogens is 1. The third-order valence-electron chi connectivity index (χ3n) is 5.93. The molecule has 1 aliphatic rings. The number of nitrogens with zero attached hydrogens (tertiary/aromatic N) is 3. The number of fused-ring (bicyclic) bond motifs is 1. The number of hydrogen-bond acceptors (Lipinski definition) is 2. The van der Waals surface area contributed by atoms with Gasteiger partial charge in [-0.25, -0.2) is 9.18 Å². The van der Waals surface area contributed by atoms with Crippen molar-refractivity contribution in [1.29, 1.82) is 0 Å². The van der Waals surface area contributed by atoms with E-state index in [9.17, 15) is 14.0 Å². The van der Waals surface area contributed by atoms with Crippen LogP contribution in [0.3, 0.4) is 0 Å². The highest BCUT2D eigenvalue weighted by Crippen LogP contribution is 2.33. The lowest BCUT2D eigenvalue weighted by molar-refractivity contribution is -0.134. The smallest absolute Gasteiger partial charge is 0.322 e. The quantitative estimate of drug-likeness (QED) is 0.588. The predicted octanol–water partition coefficient (Wildman–Crippen LogP) is 4.81. The molecule has 7 heteroatoms. The molecule has 0 aliphatic carbocycles. The molecule has 2 heterocycles. The highest BCUT2D eigenvalue weighted by atomic mass is 19.1. The minimum atomic E-state index is -0.402. The van der Waals surface area contributed by atoms with Gasteiger partial charge in [0.1, 0.15) is 12.4 Å². The minimum Gasteiger partial charge on any atom is -0.348 e. The van der Waals surface area contributed by atoms with Crippen LogP contribution in [-0.2, 0) is 11.3 Å². The lowest BCUT2D eigenvalue weighted by Crippen LogP contribution is -2.48. The van der Waals surface area contributed by atoms with Gasteiger partial charge in [-0.3, -0.25) is 4.79 Å². The molecule has 0 bridgehead atoms. The largest absolute Gasteiger partial charge is 0.348 e. The summed E-state index contributed by atoms with van der Waals surface area (Å²) in [4.78, 5) is 29.7. The average Bonchev–Trinajstić information content (AvgIpc) is 3.28. The molecule has 1 atom stereocenters. The molecule has 0 saturated heterocycles. The van der Waals surface area contributed by atoms with Crippen molar-refractivity contribution in [2.45, 2.75) is 32.9 Å². The second-order valence-corrected chi connectivity index (χ2v) is 8.39. The maximum absolute atomic E-state index is 14.0. The number of carbonyl (C=O) groups is 2. The Balaban J connectivity index is 1.55. The first-order valence-electron chi connectivity index (χ1n) is 11.3. The number of aryl methyl sites for hydroxylation is 1. The first kappa shape index (κ1) is 22.6. The Morgan fingerprint density at radius 3 is 2.61 bits per heavy atom. The zero-order valence-corrected chi connectivity index (χ0v) is 19.0.